The normalized spacial score (nSPS) is 10.6. The van der Waals surface area contributed by atoms with Crippen LogP contribution in [0.4, 0.5) is 0 Å². The van der Waals surface area contributed by atoms with E-state index in [1.165, 1.54) is 15.3 Å². The van der Waals surface area contributed by atoms with Crippen LogP contribution in [0.15, 0.2) is 29.0 Å². The van der Waals surface area contributed by atoms with Crippen LogP contribution in [0.5, 0.6) is 0 Å². The molecule has 0 atom stereocenters. The van der Waals surface area contributed by atoms with Crippen molar-refractivity contribution in [1.82, 2.24) is 0 Å². The van der Waals surface area contributed by atoms with Crippen molar-refractivity contribution in [2.75, 3.05) is 6.54 Å². The standard InChI is InChI=1S/C11H13NS2/c12-6-1-2-10-3-4-11(14-10)9-5-7-13-8-9/h3-5,7-8H,1-2,6,12H2. The number of hydrogen-bond donors (Lipinski definition) is 1. The lowest BCUT2D eigenvalue weighted by molar-refractivity contribution is 0.843. The number of rotatable bonds is 4. The van der Waals surface area contributed by atoms with Crippen molar-refractivity contribution in [2.45, 2.75) is 12.8 Å². The Hall–Kier alpha value is -0.640. The molecule has 0 fully saturated rings. The molecule has 2 N–H and O–H groups in total. The zero-order valence-corrected chi connectivity index (χ0v) is 9.53. The second-order valence-electron chi connectivity index (χ2n) is 3.17. The van der Waals surface area contributed by atoms with E-state index in [2.05, 4.69) is 29.0 Å². The van der Waals surface area contributed by atoms with Crippen LogP contribution in [0, 0.1) is 0 Å². The molecule has 2 aromatic heterocycles. The molecule has 0 spiro atoms. The second-order valence-corrected chi connectivity index (χ2v) is 5.12. The SMILES string of the molecule is NCCCc1ccc(-c2ccsc2)s1. The monoisotopic (exact) mass is 223 g/mol. The van der Waals surface area contributed by atoms with Crippen LogP contribution in [0.25, 0.3) is 10.4 Å². The van der Waals surface area contributed by atoms with Gasteiger partial charge in [-0.1, -0.05) is 0 Å². The first-order valence-corrected chi connectivity index (χ1v) is 6.47. The Bertz CT molecular complexity index is 376. The van der Waals surface area contributed by atoms with Gasteiger partial charge in [-0.15, -0.1) is 11.3 Å². The van der Waals surface area contributed by atoms with Crippen molar-refractivity contribution in [3.63, 3.8) is 0 Å². The van der Waals surface area contributed by atoms with Gasteiger partial charge in [-0.05, 0) is 48.3 Å². The van der Waals surface area contributed by atoms with Gasteiger partial charge in [0, 0.05) is 15.3 Å². The summed E-state index contributed by atoms with van der Waals surface area (Å²) < 4.78 is 0. The summed E-state index contributed by atoms with van der Waals surface area (Å²) in [6.07, 6.45) is 2.20. The van der Waals surface area contributed by atoms with Gasteiger partial charge in [0.25, 0.3) is 0 Å². The lowest BCUT2D eigenvalue weighted by atomic mass is 10.2. The van der Waals surface area contributed by atoms with Gasteiger partial charge in [-0.3, -0.25) is 0 Å². The third-order valence-electron chi connectivity index (χ3n) is 2.09. The number of nitrogens with two attached hydrogens (primary N) is 1. The van der Waals surface area contributed by atoms with Gasteiger partial charge in [0.05, 0.1) is 0 Å². The molecule has 0 saturated carbocycles. The molecule has 74 valence electrons. The molecule has 14 heavy (non-hydrogen) atoms. The van der Waals surface area contributed by atoms with E-state index in [1.54, 1.807) is 11.3 Å². The molecule has 0 aromatic carbocycles. The summed E-state index contributed by atoms with van der Waals surface area (Å²) in [5.41, 5.74) is 6.83. The molecule has 0 saturated heterocycles. The molecule has 0 aliphatic heterocycles. The molecule has 3 heteroatoms. The van der Waals surface area contributed by atoms with E-state index >= 15 is 0 Å². The highest BCUT2D eigenvalue weighted by atomic mass is 32.1. The lowest BCUT2D eigenvalue weighted by Crippen LogP contribution is -1.98. The predicted octanol–water partition coefficient (Wildman–Crippen LogP) is 3.37. The maximum Gasteiger partial charge on any atom is 0.0353 e. The third kappa shape index (κ3) is 2.23. The number of aryl methyl sites for hydroxylation is 1. The quantitative estimate of drug-likeness (QED) is 0.845. The lowest BCUT2D eigenvalue weighted by Gasteiger charge is -1.92. The van der Waals surface area contributed by atoms with E-state index in [9.17, 15) is 0 Å². The first-order chi connectivity index (χ1) is 6.90. The maximum atomic E-state index is 5.48. The molecule has 2 rings (SSSR count). The highest BCUT2D eigenvalue weighted by molar-refractivity contribution is 7.16. The molecule has 2 heterocycles. The van der Waals surface area contributed by atoms with E-state index in [-0.39, 0.29) is 0 Å². The van der Waals surface area contributed by atoms with Crippen LogP contribution >= 0.6 is 22.7 Å². The largest absolute Gasteiger partial charge is 0.330 e. The first-order valence-electron chi connectivity index (χ1n) is 4.71. The molecule has 0 radical (unpaired) electrons. The molecule has 2 aromatic rings. The van der Waals surface area contributed by atoms with Crippen molar-refractivity contribution in [3.8, 4) is 10.4 Å². The zero-order valence-electron chi connectivity index (χ0n) is 7.90. The summed E-state index contributed by atoms with van der Waals surface area (Å²) in [6.45, 7) is 0.783. The average Bonchev–Trinajstić information content (AvgIpc) is 2.85. The van der Waals surface area contributed by atoms with E-state index in [0.717, 1.165) is 19.4 Å². The van der Waals surface area contributed by atoms with Gasteiger partial charge >= 0.3 is 0 Å². The van der Waals surface area contributed by atoms with Gasteiger partial charge in [-0.25, -0.2) is 0 Å². The van der Waals surface area contributed by atoms with Crippen LogP contribution in [-0.4, -0.2) is 6.54 Å². The number of hydrogen-bond acceptors (Lipinski definition) is 3. The summed E-state index contributed by atoms with van der Waals surface area (Å²) in [6, 6.07) is 6.59. The molecule has 0 aliphatic rings. The fourth-order valence-electron chi connectivity index (χ4n) is 1.35. The van der Waals surface area contributed by atoms with Crippen molar-refractivity contribution in [3.05, 3.63) is 33.8 Å². The fraction of sp³-hybridized carbons (Fsp3) is 0.273. The third-order valence-corrected chi connectivity index (χ3v) is 3.97. The molecular weight excluding hydrogens is 210 g/mol. The summed E-state index contributed by atoms with van der Waals surface area (Å²) >= 11 is 3.63. The van der Waals surface area contributed by atoms with Gasteiger partial charge in [0.1, 0.15) is 0 Å². The summed E-state index contributed by atoms with van der Waals surface area (Å²) in [7, 11) is 0. The Morgan fingerprint density at radius 1 is 1.21 bits per heavy atom. The summed E-state index contributed by atoms with van der Waals surface area (Å²) in [4.78, 5) is 2.81. The Balaban J connectivity index is 2.10. The van der Waals surface area contributed by atoms with Gasteiger partial charge in [0.2, 0.25) is 0 Å². The Morgan fingerprint density at radius 2 is 2.14 bits per heavy atom. The molecule has 1 nitrogen and oxygen atoms in total. The minimum Gasteiger partial charge on any atom is -0.330 e. The minimum absolute atomic E-state index is 0.783. The maximum absolute atomic E-state index is 5.48. The van der Waals surface area contributed by atoms with E-state index in [0.29, 0.717) is 0 Å². The topological polar surface area (TPSA) is 26.0 Å². The molecule has 0 bridgehead atoms. The second kappa shape index (κ2) is 4.73. The van der Waals surface area contributed by atoms with Crippen LogP contribution in [0.3, 0.4) is 0 Å². The van der Waals surface area contributed by atoms with Gasteiger partial charge in [-0.2, -0.15) is 11.3 Å². The summed E-state index contributed by atoms with van der Waals surface area (Å²) in [5, 5.41) is 4.31. The highest BCUT2D eigenvalue weighted by Crippen LogP contribution is 2.30. The average molecular weight is 223 g/mol. The number of thiophene rings is 2. The zero-order chi connectivity index (χ0) is 9.80. The van der Waals surface area contributed by atoms with Gasteiger partial charge < -0.3 is 5.73 Å². The molecule has 0 amide bonds. The predicted molar refractivity (Wildman–Crippen MR) is 65.0 cm³/mol. The summed E-state index contributed by atoms with van der Waals surface area (Å²) in [5.74, 6) is 0. The van der Waals surface area contributed by atoms with E-state index in [1.807, 2.05) is 11.3 Å². The highest BCUT2D eigenvalue weighted by Gasteiger charge is 2.02. The van der Waals surface area contributed by atoms with Crippen molar-refractivity contribution >= 4 is 22.7 Å². The van der Waals surface area contributed by atoms with Crippen LogP contribution in [0.2, 0.25) is 0 Å². The van der Waals surface area contributed by atoms with E-state index in [4.69, 9.17) is 5.73 Å². The van der Waals surface area contributed by atoms with Crippen molar-refractivity contribution in [1.29, 1.82) is 0 Å². The van der Waals surface area contributed by atoms with Crippen molar-refractivity contribution in [2.24, 2.45) is 5.73 Å². The van der Waals surface area contributed by atoms with Gasteiger partial charge in [0.15, 0.2) is 0 Å². The van der Waals surface area contributed by atoms with Crippen LogP contribution in [0.1, 0.15) is 11.3 Å². The van der Waals surface area contributed by atoms with Crippen LogP contribution in [-0.2, 0) is 6.42 Å². The fourth-order valence-corrected chi connectivity index (χ4v) is 3.12. The Labute approximate surface area is 92.2 Å². The molecule has 0 aliphatic carbocycles. The van der Waals surface area contributed by atoms with Crippen molar-refractivity contribution < 1.29 is 0 Å². The molecule has 0 unspecified atom stereocenters. The minimum atomic E-state index is 0.783. The van der Waals surface area contributed by atoms with Crippen LogP contribution < -0.4 is 5.73 Å². The first kappa shape index (κ1) is 9.90. The van der Waals surface area contributed by atoms with E-state index < -0.39 is 0 Å². The Morgan fingerprint density at radius 3 is 2.86 bits per heavy atom. The smallest absolute Gasteiger partial charge is 0.0353 e. The Kier molecular flexibility index (Phi) is 3.35. The molecular formula is C11H13NS2.